The number of carbonyl (C=O) groups excluding carboxylic acids is 1. The Hall–Kier alpha value is -2.60. The highest BCUT2D eigenvalue weighted by molar-refractivity contribution is 6.31. The zero-order chi connectivity index (χ0) is 16.4. The summed E-state index contributed by atoms with van der Waals surface area (Å²) >= 11 is 6.05. The first-order chi connectivity index (χ1) is 11.1. The molecule has 0 spiro atoms. The fourth-order valence-corrected chi connectivity index (χ4v) is 2.34. The number of hydrogen-bond acceptors (Lipinski definition) is 4. The van der Waals surface area contributed by atoms with Crippen LogP contribution >= 0.6 is 11.6 Å². The molecule has 0 bridgehead atoms. The van der Waals surface area contributed by atoms with Crippen molar-refractivity contribution in [2.24, 2.45) is 0 Å². The van der Waals surface area contributed by atoms with Crippen LogP contribution in [0.25, 0.3) is 0 Å². The zero-order valence-electron chi connectivity index (χ0n) is 12.6. The van der Waals surface area contributed by atoms with Crippen LogP contribution in [0.5, 0.6) is 17.2 Å². The van der Waals surface area contributed by atoms with Crippen molar-refractivity contribution in [3.05, 3.63) is 40.9 Å². The molecule has 120 valence electrons. The van der Waals surface area contributed by atoms with Gasteiger partial charge in [0.25, 0.3) is 0 Å². The van der Waals surface area contributed by atoms with Gasteiger partial charge in [-0.25, -0.2) is 4.79 Å². The van der Waals surface area contributed by atoms with Crippen LogP contribution < -0.4 is 24.8 Å². The van der Waals surface area contributed by atoms with Crippen LogP contribution in [-0.4, -0.2) is 19.9 Å². The van der Waals surface area contributed by atoms with Crippen molar-refractivity contribution in [3.63, 3.8) is 0 Å². The highest BCUT2D eigenvalue weighted by Crippen LogP contribution is 2.34. The van der Waals surface area contributed by atoms with Crippen LogP contribution in [0.3, 0.4) is 0 Å². The monoisotopic (exact) mass is 334 g/mol. The van der Waals surface area contributed by atoms with Crippen molar-refractivity contribution in [1.29, 1.82) is 0 Å². The predicted octanol–water partition coefficient (Wildman–Crippen LogP) is 4.03. The molecule has 0 saturated heterocycles. The number of rotatable bonds is 3. The van der Waals surface area contributed by atoms with Gasteiger partial charge in [0.2, 0.25) is 6.79 Å². The van der Waals surface area contributed by atoms with E-state index in [-0.39, 0.29) is 6.79 Å². The summed E-state index contributed by atoms with van der Waals surface area (Å²) in [4.78, 5) is 12.2. The van der Waals surface area contributed by atoms with Gasteiger partial charge >= 0.3 is 6.03 Å². The Morgan fingerprint density at radius 2 is 1.96 bits per heavy atom. The van der Waals surface area contributed by atoms with Gasteiger partial charge in [0.05, 0.1) is 12.8 Å². The van der Waals surface area contributed by atoms with Gasteiger partial charge in [0.15, 0.2) is 11.5 Å². The highest BCUT2D eigenvalue weighted by Gasteiger charge is 2.15. The summed E-state index contributed by atoms with van der Waals surface area (Å²) in [6.45, 7) is 2.04. The zero-order valence-corrected chi connectivity index (χ0v) is 13.4. The number of fused-ring (bicyclic) bond motifs is 1. The molecule has 2 aromatic carbocycles. The molecule has 7 heteroatoms. The number of benzene rings is 2. The Kier molecular flexibility index (Phi) is 4.16. The predicted molar refractivity (Wildman–Crippen MR) is 87.9 cm³/mol. The first-order valence-corrected chi connectivity index (χ1v) is 7.26. The molecule has 23 heavy (non-hydrogen) atoms. The minimum absolute atomic E-state index is 0.187. The van der Waals surface area contributed by atoms with Gasteiger partial charge in [-0.05, 0) is 30.7 Å². The second-order valence-corrected chi connectivity index (χ2v) is 5.36. The van der Waals surface area contributed by atoms with Crippen molar-refractivity contribution < 1.29 is 19.0 Å². The summed E-state index contributed by atoms with van der Waals surface area (Å²) in [5.41, 5.74) is 1.97. The molecule has 3 rings (SSSR count). The third-order valence-corrected chi connectivity index (χ3v) is 3.77. The van der Waals surface area contributed by atoms with E-state index in [1.165, 1.54) is 7.11 Å². The molecule has 0 fully saturated rings. The summed E-state index contributed by atoms with van der Waals surface area (Å²) in [5, 5.41) is 6.04. The summed E-state index contributed by atoms with van der Waals surface area (Å²) in [5.74, 6) is 1.75. The molecule has 0 aliphatic carbocycles. The molecule has 2 N–H and O–H groups in total. The molecule has 0 saturated carbocycles. The fourth-order valence-electron chi connectivity index (χ4n) is 2.19. The van der Waals surface area contributed by atoms with E-state index in [1.807, 2.05) is 6.92 Å². The van der Waals surface area contributed by atoms with E-state index in [1.54, 1.807) is 30.3 Å². The molecular weight excluding hydrogens is 320 g/mol. The van der Waals surface area contributed by atoms with E-state index in [0.29, 0.717) is 33.6 Å². The Labute approximate surface area is 138 Å². The molecule has 1 aliphatic heterocycles. The average Bonchev–Trinajstić information content (AvgIpc) is 2.98. The number of ether oxygens (including phenoxy) is 3. The SMILES string of the molecule is COc1cc(Cl)c(C)cc1NC(=O)Nc1ccc2c(c1)OCO2. The summed E-state index contributed by atoms with van der Waals surface area (Å²) in [6, 6.07) is 8.19. The lowest BCUT2D eigenvalue weighted by molar-refractivity contribution is 0.174. The van der Waals surface area contributed by atoms with Crippen LogP contribution in [0.15, 0.2) is 30.3 Å². The third kappa shape index (κ3) is 3.27. The lowest BCUT2D eigenvalue weighted by Gasteiger charge is -2.13. The van der Waals surface area contributed by atoms with Crippen LogP contribution in [0, 0.1) is 6.92 Å². The Morgan fingerprint density at radius 1 is 1.17 bits per heavy atom. The van der Waals surface area contributed by atoms with Gasteiger partial charge in [-0.2, -0.15) is 0 Å². The average molecular weight is 335 g/mol. The van der Waals surface area contributed by atoms with E-state index < -0.39 is 6.03 Å². The van der Waals surface area contributed by atoms with Crippen LogP contribution in [-0.2, 0) is 0 Å². The molecule has 0 unspecified atom stereocenters. The Bertz CT molecular complexity index is 764. The van der Waals surface area contributed by atoms with Crippen LogP contribution in [0.4, 0.5) is 16.2 Å². The maximum absolute atomic E-state index is 12.2. The first kappa shape index (κ1) is 15.3. The Morgan fingerprint density at radius 3 is 2.74 bits per heavy atom. The molecule has 0 aromatic heterocycles. The number of halogens is 1. The quantitative estimate of drug-likeness (QED) is 0.889. The van der Waals surface area contributed by atoms with Crippen molar-refractivity contribution in [3.8, 4) is 17.2 Å². The highest BCUT2D eigenvalue weighted by atomic mass is 35.5. The standard InChI is InChI=1S/C16H15ClN2O4/c1-9-5-12(14(21-2)7-11(9)17)19-16(20)18-10-3-4-13-15(6-10)23-8-22-13/h3-7H,8H2,1-2H3,(H2,18,19,20). The number of hydrogen-bond donors (Lipinski definition) is 2. The van der Waals surface area contributed by atoms with Gasteiger partial charge in [-0.1, -0.05) is 11.6 Å². The molecule has 0 radical (unpaired) electrons. The number of urea groups is 1. The van der Waals surface area contributed by atoms with Crippen LogP contribution in [0.2, 0.25) is 5.02 Å². The first-order valence-electron chi connectivity index (χ1n) is 6.88. The van der Waals surface area contributed by atoms with Gasteiger partial charge in [0.1, 0.15) is 5.75 Å². The molecular formula is C16H15ClN2O4. The normalized spacial score (nSPS) is 12.0. The Balaban J connectivity index is 1.73. The van der Waals surface area contributed by atoms with Gasteiger partial charge in [-0.3, -0.25) is 0 Å². The van der Waals surface area contributed by atoms with Gasteiger partial charge < -0.3 is 24.8 Å². The number of methoxy groups -OCH3 is 1. The van der Waals surface area contributed by atoms with Crippen molar-refractivity contribution >= 4 is 29.0 Å². The second kappa shape index (κ2) is 6.26. The van der Waals surface area contributed by atoms with Crippen molar-refractivity contribution in [1.82, 2.24) is 0 Å². The van der Waals surface area contributed by atoms with Gasteiger partial charge in [0, 0.05) is 22.8 Å². The lowest BCUT2D eigenvalue weighted by Crippen LogP contribution is -2.19. The second-order valence-electron chi connectivity index (χ2n) is 4.95. The number of amides is 2. The minimum Gasteiger partial charge on any atom is -0.495 e. The smallest absolute Gasteiger partial charge is 0.323 e. The number of anilines is 2. The largest absolute Gasteiger partial charge is 0.495 e. The maximum Gasteiger partial charge on any atom is 0.323 e. The molecule has 6 nitrogen and oxygen atoms in total. The summed E-state index contributed by atoms with van der Waals surface area (Å²) in [6.07, 6.45) is 0. The number of aryl methyl sites for hydroxylation is 1. The number of carbonyl (C=O) groups is 1. The maximum atomic E-state index is 12.2. The van der Waals surface area contributed by atoms with E-state index >= 15 is 0 Å². The van der Waals surface area contributed by atoms with Crippen LogP contribution in [0.1, 0.15) is 5.56 Å². The van der Waals surface area contributed by atoms with E-state index in [4.69, 9.17) is 25.8 Å². The molecule has 1 heterocycles. The van der Waals surface area contributed by atoms with Gasteiger partial charge in [-0.15, -0.1) is 0 Å². The topological polar surface area (TPSA) is 68.8 Å². The van der Waals surface area contributed by atoms with E-state index in [0.717, 1.165) is 5.56 Å². The summed E-state index contributed by atoms with van der Waals surface area (Å²) in [7, 11) is 1.52. The molecule has 1 aliphatic rings. The van der Waals surface area contributed by atoms with Crippen molar-refractivity contribution in [2.45, 2.75) is 6.92 Å². The third-order valence-electron chi connectivity index (χ3n) is 3.36. The fraction of sp³-hybridized carbons (Fsp3) is 0.188. The summed E-state index contributed by atoms with van der Waals surface area (Å²) < 4.78 is 15.7. The van der Waals surface area contributed by atoms with Crippen molar-refractivity contribution in [2.75, 3.05) is 24.5 Å². The molecule has 2 aromatic rings. The lowest BCUT2D eigenvalue weighted by atomic mass is 10.2. The minimum atomic E-state index is -0.399. The molecule has 0 atom stereocenters. The molecule has 2 amide bonds. The number of nitrogens with one attached hydrogen (secondary N) is 2. The van der Waals surface area contributed by atoms with E-state index in [2.05, 4.69) is 10.6 Å². The van der Waals surface area contributed by atoms with E-state index in [9.17, 15) is 4.79 Å².